The van der Waals surface area contributed by atoms with Gasteiger partial charge in [0, 0.05) is 39.4 Å². The first-order chi connectivity index (χ1) is 7.78. The van der Waals surface area contributed by atoms with Crippen LogP contribution in [0.5, 0.6) is 0 Å². The molecule has 0 aromatic heterocycles. The van der Waals surface area contributed by atoms with E-state index in [1.807, 2.05) is 0 Å². The third-order valence-electron chi connectivity index (χ3n) is 3.59. The summed E-state index contributed by atoms with van der Waals surface area (Å²) in [5.41, 5.74) is 0. The zero-order valence-electron chi connectivity index (χ0n) is 10.4. The van der Waals surface area contributed by atoms with Crippen molar-refractivity contribution in [3.8, 4) is 0 Å². The smallest absolute Gasteiger partial charge is 0.0711 e. The van der Waals surface area contributed by atoms with E-state index in [-0.39, 0.29) is 0 Å². The van der Waals surface area contributed by atoms with Gasteiger partial charge in [0.25, 0.3) is 0 Å². The van der Waals surface area contributed by atoms with Crippen LogP contribution >= 0.6 is 0 Å². The molecule has 2 aliphatic heterocycles. The summed E-state index contributed by atoms with van der Waals surface area (Å²) in [6.45, 7) is 4.11. The van der Waals surface area contributed by atoms with E-state index in [0.717, 1.165) is 32.7 Å². The molecule has 16 heavy (non-hydrogen) atoms. The van der Waals surface area contributed by atoms with E-state index in [0.29, 0.717) is 18.2 Å². The van der Waals surface area contributed by atoms with Gasteiger partial charge in [0.2, 0.25) is 0 Å². The van der Waals surface area contributed by atoms with Crippen LogP contribution in [0, 0.1) is 0 Å². The maximum Gasteiger partial charge on any atom is 0.0711 e. The number of likely N-dealkylation sites (N-methyl/N-ethyl adjacent to an activating group) is 1. The number of hydrogen-bond donors (Lipinski definition) is 1. The van der Waals surface area contributed by atoms with E-state index in [1.165, 1.54) is 12.8 Å². The summed E-state index contributed by atoms with van der Waals surface area (Å²) in [7, 11) is 3.98. The minimum absolute atomic E-state index is 0.404. The maximum atomic E-state index is 5.64. The van der Waals surface area contributed by atoms with Crippen LogP contribution in [-0.4, -0.2) is 63.5 Å². The Hall–Kier alpha value is -0.160. The molecule has 2 fully saturated rings. The molecule has 0 aromatic rings. The van der Waals surface area contributed by atoms with Crippen molar-refractivity contribution in [3.63, 3.8) is 0 Å². The highest BCUT2D eigenvalue weighted by Gasteiger charge is 2.25. The van der Waals surface area contributed by atoms with Gasteiger partial charge in [0.1, 0.15) is 0 Å². The van der Waals surface area contributed by atoms with Crippen LogP contribution in [0.15, 0.2) is 0 Å². The summed E-state index contributed by atoms with van der Waals surface area (Å²) in [4.78, 5) is 2.38. The van der Waals surface area contributed by atoms with Crippen molar-refractivity contribution in [3.05, 3.63) is 0 Å². The van der Waals surface area contributed by atoms with Crippen LogP contribution in [0.4, 0.5) is 0 Å². The molecular weight excluding hydrogens is 204 g/mol. The summed E-state index contributed by atoms with van der Waals surface area (Å²) >= 11 is 0. The first kappa shape index (κ1) is 12.3. The van der Waals surface area contributed by atoms with Gasteiger partial charge in [-0.05, 0) is 26.3 Å². The van der Waals surface area contributed by atoms with Gasteiger partial charge in [0.15, 0.2) is 0 Å². The average Bonchev–Trinajstić information content (AvgIpc) is 2.89. The van der Waals surface area contributed by atoms with Gasteiger partial charge in [-0.1, -0.05) is 0 Å². The van der Waals surface area contributed by atoms with Gasteiger partial charge in [-0.3, -0.25) is 0 Å². The highest BCUT2D eigenvalue weighted by atomic mass is 16.5. The Labute approximate surface area is 98.3 Å². The van der Waals surface area contributed by atoms with Crippen molar-refractivity contribution in [1.82, 2.24) is 10.2 Å². The SMILES string of the molecule is COC1CNC(CN(C)CC2CCCO2)C1. The standard InChI is InChI=1S/C12H24N2O2/c1-14(9-11-4-3-5-16-11)8-10-6-12(15-2)7-13-10/h10-13H,3-9H2,1-2H3. The molecule has 2 heterocycles. The second kappa shape index (κ2) is 5.96. The average molecular weight is 228 g/mol. The van der Waals surface area contributed by atoms with E-state index in [4.69, 9.17) is 9.47 Å². The monoisotopic (exact) mass is 228 g/mol. The molecule has 1 N–H and O–H groups in total. The molecule has 0 spiro atoms. The first-order valence-electron chi connectivity index (χ1n) is 6.34. The lowest BCUT2D eigenvalue weighted by atomic mass is 10.2. The zero-order valence-corrected chi connectivity index (χ0v) is 10.4. The number of rotatable bonds is 5. The highest BCUT2D eigenvalue weighted by molar-refractivity contribution is 4.84. The summed E-state index contributed by atoms with van der Waals surface area (Å²) in [6.07, 6.45) is 4.45. The van der Waals surface area contributed by atoms with Crippen LogP contribution < -0.4 is 5.32 Å². The Morgan fingerprint density at radius 1 is 1.44 bits per heavy atom. The van der Waals surface area contributed by atoms with Crippen LogP contribution in [0.3, 0.4) is 0 Å². The molecule has 4 heteroatoms. The minimum Gasteiger partial charge on any atom is -0.380 e. The number of ether oxygens (including phenoxy) is 2. The van der Waals surface area contributed by atoms with Gasteiger partial charge in [-0.25, -0.2) is 0 Å². The molecule has 2 rings (SSSR count). The fourth-order valence-electron chi connectivity index (χ4n) is 2.69. The van der Waals surface area contributed by atoms with E-state index >= 15 is 0 Å². The summed E-state index contributed by atoms with van der Waals surface area (Å²) in [6, 6.07) is 0.580. The second-order valence-corrected chi connectivity index (χ2v) is 5.05. The van der Waals surface area contributed by atoms with E-state index in [9.17, 15) is 0 Å². The Kier molecular flexibility index (Phi) is 4.58. The maximum absolute atomic E-state index is 5.64. The molecule has 94 valence electrons. The van der Waals surface area contributed by atoms with Crippen molar-refractivity contribution >= 4 is 0 Å². The fraction of sp³-hybridized carbons (Fsp3) is 1.00. The number of methoxy groups -OCH3 is 1. The van der Waals surface area contributed by atoms with E-state index in [2.05, 4.69) is 17.3 Å². The molecule has 0 bridgehead atoms. The van der Waals surface area contributed by atoms with Gasteiger partial charge < -0.3 is 19.7 Å². The Morgan fingerprint density at radius 3 is 2.94 bits per heavy atom. The Balaban J connectivity index is 1.64. The molecule has 0 radical (unpaired) electrons. The number of nitrogens with one attached hydrogen (secondary N) is 1. The minimum atomic E-state index is 0.404. The summed E-state index contributed by atoms with van der Waals surface area (Å²) < 4.78 is 11.0. The van der Waals surface area contributed by atoms with Gasteiger partial charge >= 0.3 is 0 Å². The normalized spacial score (nSPS) is 35.1. The van der Waals surface area contributed by atoms with Crippen LogP contribution in [0.1, 0.15) is 19.3 Å². The summed E-state index contributed by atoms with van der Waals surface area (Å²) in [5, 5.41) is 3.51. The topological polar surface area (TPSA) is 33.7 Å². The zero-order chi connectivity index (χ0) is 11.4. The predicted octanol–water partition coefficient (Wildman–Crippen LogP) is 0.474. The van der Waals surface area contributed by atoms with Crippen molar-refractivity contribution in [2.45, 2.75) is 37.5 Å². The third kappa shape index (κ3) is 3.42. The number of hydrogen-bond acceptors (Lipinski definition) is 4. The Morgan fingerprint density at radius 2 is 2.31 bits per heavy atom. The largest absolute Gasteiger partial charge is 0.380 e. The molecule has 4 nitrogen and oxygen atoms in total. The fourth-order valence-corrected chi connectivity index (χ4v) is 2.69. The van der Waals surface area contributed by atoms with Crippen LogP contribution in [0.25, 0.3) is 0 Å². The molecule has 3 unspecified atom stereocenters. The molecule has 0 aliphatic carbocycles. The van der Waals surface area contributed by atoms with Gasteiger partial charge in [0.05, 0.1) is 12.2 Å². The van der Waals surface area contributed by atoms with Gasteiger partial charge in [-0.2, -0.15) is 0 Å². The third-order valence-corrected chi connectivity index (χ3v) is 3.59. The van der Waals surface area contributed by atoms with E-state index in [1.54, 1.807) is 7.11 Å². The second-order valence-electron chi connectivity index (χ2n) is 5.05. The van der Waals surface area contributed by atoms with Gasteiger partial charge in [-0.15, -0.1) is 0 Å². The van der Waals surface area contributed by atoms with Crippen molar-refractivity contribution in [1.29, 1.82) is 0 Å². The highest BCUT2D eigenvalue weighted by Crippen LogP contribution is 2.14. The quantitative estimate of drug-likeness (QED) is 0.742. The molecule has 0 saturated carbocycles. The molecule has 0 aromatic carbocycles. The Bertz CT molecular complexity index is 207. The molecular formula is C12H24N2O2. The molecule has 3 atom stereocenters. The predicted molar refractivity (Wildman–Crippen MR) is 63.7 cm³/mol. The van der Waals surface area contributed by atoms with Crippen LogP contribution in [-0.2, 0) is 9.47 Å². The lowest BCUT2D eigenvalue weighted by molar-refractivity contribution is 0.0777. The summed E-state index contributed by atoms with van der Waals surface area (Å²) in [5.74, 6) is 0. The molecule has 2 saturated heterocycles. The lowest BCUT2D eigenvalue weighted by Gasteiger charge is -2.23. The van der Waals surface area contributed by atoms with E-state index < -0.39 is 0 Å². The van der Waals surface area contributed by atoms with Crippen LogP contribution in [0.2, 0.25) is 0 Å². The van der Waals surface area contributed by atoms with Crippen molar-refractivity contribution in [2.24, 2.45) is 0 Å². The van der Waals surface area contributed by atoms with Crippen molar-refractivity contribution in [2.75, 3.05) is 40.4 Å². The lowest BCUT2D eigenvalue weighted by Crippen LogP contribution is -2.38. The first-order valence-corrected chi connectivity index (χ1v) is 6.34. The molecule has 2 aliphatic rings. The number of nitrogens with zero attached hydrogens (tertiary/aromatic N) is 1. The van der Waals surface area contributed by atoms with Crippen molar-refractivity contribution < 1.29 is 9.47 Å². The molecule has 0 amide bonds.